The van der Waals surface area contributed by atoms with E-state index in [4.69, 9.17) is 14.9 Å². The van der Waals surface area contributed by atoms with Crippen molar-refractivity contribution in [2.75, 3.05) is 6.61 Å². The fraction of sp³-hybridized carbons (Fsp3) is 0.222. The van der Waals surface area contributed by atoms with E-state index in [1.165, 1.54) is 0 Å². The Morgan fingerprint density at radius 3 is 2.61 bits per heavy atom. The van der Waals surface area contributed by atoms with Crippen molar-refractivity contribution >= 4 is 16.9 Å². The van der Waals surface area contributed by atoms with Crippen molar-refractivity contribution in [1.82, 2.24) is 0 Å². The summed E-state index contributed by atoms with van der Waals surface area (Å²) in [6.45, 7) is 1.98. The number of rotatable bonds is 9. The first kappa shape index (κ1) is 22.6. The van der Waals surface area contributed by atoms with Gasteiger partial charge in [0, 0.05) is 16.5 Å². The Labute approximate surface area is 192 Å². The van der Waals surface area contributed by atoms with Gasteiger partial charge < -0.3 is 25.1 Å². The number of aliphatic hydroxyl groups excluding tert-OH is 1. The Kier molecular flexibility index (Phi) is 6.77. The van der Waals surface area contributed by atoms with E-state index >= 15 is 0 Å². The molecule has 0 bridgehead atoms. The molecule has 0 radical (unpaired) electrons. The van der Waals surface area contributed by atoms with Crippen LogP contribution in [0.4, 0.5) is 0 Å². The molecule has 0 fully saturated rings. The third-order valence-corrected chi connectivity index (χ3v) is 5.88. The van der Waals surface area contributed by atoms with E-state index in [0.29, 0.717) is 17.7 Å². The van der Waals surface area contributed by atoms with Gasteiger partial charge in [-0.15, -0.1) is 0 Å². The number of carboxylic acid groups (broad SMARTS) is 1. The van der Waals surface area contributed by atoms with Crippen LogP contribution in [-0.2, 0) is 11.4 Å². The lowest BCUT2D eigenvalue weighted by Gasteiger charge is -2.15. The molecule has 0 spiro atoms. The molecule has 6 heteroatoms. The second-order valence-electron chi connectivity index (χ2n) is 8.01. The van der Waals surface area contributed by atoms with Crippen molar-refractivity contribution < 1.29 is 24.2 Å². The Bertz CT molecular complexity index is 1260. The molecule has 1 aromatic heterocycles. The first-order valence-electron chi connectivity index (χ1n) is 10.9. The van der Waals surface area contributed by atoms with Crippen LogP contribution in [0, 0.1) is 0 Å². The van der Waals surface area contributed by atoms with Crippen molar-refractivity contribution in [2.45, 2.75) is 31.9 Å². The molecule has 4 N–H and O–H groups in total. The fourth-order valence-electron chi connectivity index (χ4n) is 4.01. The molecule has 4 aromatic rings. The number of hydrogen-bond acceptors (Lipinski definition) is 5. The molecule has 0 aliphatic rings. The van der Waals surface area contributed by atoms with E-state index in [1.807, 2.05) is 61.5 Å². The molecule has 4 rings (SSSR count). The summed E-state index contributed by atoms with van der Waals surface area (Å²) in [6, 6.07) is 20.6. The molecule has 33 heavy (non-hydrogen) atoms. The van der Waals surface area contributed by atoms with Crippen LogP contribution in [0.15, 0.2) is 77.4 Å². The maximum atomic E-state index is 11.7. The molecule has 2 atom stereocenters. The Balaban J connectivity index is 1.62. The summed E-state index contributed by atoms with van der Waals surface area (Å²) in [6.07, 6.45) is 2.15. The minimum atomic E-state index is -0.866. The van der Waals surface area contributed by atoms with Gasteiger partial charge in [-0.05, 0) is 47.4 Å². The average Bonchev–Trinajstić information content (AvgIpc) is 3.25. The van der Waals surface area contributed by atoms with E-state index in [0.717, 1.165) is 33.2 Å². The van der Waals surface area contributed by atoms with Crippen LogP contribution in [0.3, 0.4) is 0 Å². The van der Waals surface area contributed by atoms with Crippen LogP contribution in [-0.4, -0.2) is 22.8 Å². The van der Waals surface area contributed by atoms with E-state index in [9.17, 15) is 15.0 Å². The first-order valence-corrected chi connectivity index (χ1v) is 10.9. The molecule has 1 unspecified atom stereocenters. The number of ether oxygens (including phenoxy) is 1. The monoisotopic (exact) mass is 445 g/mol. The average molecular weight is 446 g/mol. The lowest BCUT2D eigenvalue weighted by Crippen LogP contribution is -2.14. The Morgan fingerprint density at radius 2 is 1.85 bits per heavy atom. The summed E-state index contributed by atoms with van der Waals surface area (Å²) >= 11 is 0. The number of para-hydroxylation sites is 1. The fourth-order valence-corrected chi connectivity index (χ4v) is 4.01. The van der Waals surface area contributed by atoms with Gasteiger partial charge in [-0.25, -0.2) is 0 Å². The number of hydrogen-bond donors (Lipinski definition) is 3. The number of furan rings is 1. The number of carbonyl (C=O) groups is 1. The quantitative estimate of drug-likeness (QED) is 0.325. The van der Waals surface area contributed by atoms with E-state index in [-0.39, 0.29) is 13.2 Å². The van der Waals surface area contributed by atoms with Crippen LogP contribution in [0.1, 0.15) is 42.0 Å². The molecule has 1 heterocycles. The number of fused-ring (bicyclic) bond motifs is 1. The van der Waals surface area contributed by atoms with Crippen molar-refractivity contribution in [3.8, 4) is 16.9 Å². The molecule has 0 saturated heterocycles. The van der Waals surface area contributed by atoms with Crippen LogP contribution in [0.5, 0.6) is 5.75 Å². The highest BCUT2D eigenvalue weighted by Gasteiger charge is 2.21. The Morgan fingerprint density at radius 1 is 1.06 bits per heavy atom. The molecule has 0 aliphatic heterocycles. The zero-order chi connectivity index (χ0) is 23.4. The molecule has 170 valence electrons. The van der Waals surface area contributed by atoms with Gasteiger partial charge in [0.1, 0.15) is 17.9 Å². The van der Waals surface area contributed by atoms with Gasteiger partial charge in [-0.1, -0.05) is 49.4 Å². The minimum absolute atomic E-state index is 0.117. The third-order valence-electron chi connectivity index (χ3n) is 5.88. The number of aliphatic carboxylic acids is 1. The summed E-state index contributed by atoms with van der Waals surface area (Å²) in [5, 5.41) is 19.9. The maximum Gasteiger partial charge on any atom is 0.311 e. The molecule has 0 saturated carbocycles. The Hall–Kier alpha value is -3.61. The number of benzene rings is 3. The third kappa shape index (κ3) is 4.77. The number of aliphatic hydroxyl groups is 1. The standard InChI is InChI=1S/C27H27NO5/c1-2-21(27(30)31)22-8-3-4-9-25(22)32-15-20-16-33-26-11-10-18(13-23(20)26)17-6-5-7-19(12-17)24(28)14-29/h3-13,16,21,24,29H,2,14-15,28H2,1H3,(H,30,31)/t21-,24?/m0/s1. The predicted molar refractivity (Wildman–Crippen MR) is 127 cm³/mol. The van der Waals surface area contributed by atoms with Gasteiger partial charge >= 0.3 is 5.97 Å². The zero-order valence-corrected chi connectivity index (χ0v) is 18.4. The highest BCUT2D eigenvalue weighted by Crippen LogP contribution is 2.32. The van der Waals surface area contributed by atoms with Gasteiger partial charge in [0.2, 0.25) is 0 Å². The smallest absolute Gasteiger partial charge is 0.311 e. The molecule has 6 nitrogen and oxygen atoms in total. The lowest BCUT2D eigenvalue weighted by atomic mass is 9.96. The topological polar surface area (TPSA) is 106 Å². The highest BCUT2D eigenvalue weighted by molar-refractivity contribution is 5.86. The normalized spacial score (nSPS) is 13.1. The van der Waals surface area contributed by atoms with Gasteiger partial charge in [-0.3, -0.25) is 4.79 Å². The second-order valence-corrected chi connectivity index (χ2v) is 8.01. The molecular formula is C27H27NO5. The summed E-state index contributed by atoms with van der Waals surface area (Å²) < 4.78 is 11.8. The van der Waals surface area contributed by atoms with E-state index < -0.39 is 17.9 Å². The number of nitrogens with two attached hydrogens (primary N) is 1. The maximum absolute atomic E-state index is 11.7. The van der Waals surface area contributed by atoms with Crippen LogP contribution < -0.4 is 10.5 Å². The summed E-state index contributed by atoms with van der Waals surface area (Å²) in [5.74, 6) is -0.926. The zero-order valence-electron chi connectivity index (χ0n) is 18.4. The largest absolute Gasteiger partial charge is 0.488 e. The highest BCUT2D eigenvalue weighted by atomic mass is 16.5. The first-order chi connectivity index (χ1) is 16.0. The summed E-state index contributed by atoms with van der Waals surface area (Å²) in [4.78, 5) is 11.7. The van der Waals surface area contributed by atoms with Crippen LogP contribution in [0.2, 0.25) is 0 Å². The van der Waals surface area contributed by atoms with E-state index in [1.54, 1.807) is 18.4 Å². The molecule has 0 amide bonds. The van der Waals surface area contributed by atoms with Crippen LogP contribution >= 0.6 is 0 Å². The van der Waals surface area contributed by atoms with Gasteiger partial charge in [0.25, 0.3) is 0 Å². The van der Waals surface area contributed by atoms with Crippen molar-refractivity contribution in [3.63, 3.8) is 0 Å². The SMILES string of the molecule is CC[C@H](C(=O)O)c1ccccc1OCc1coc2ccc(-c3cccc(C(N)CO)c3)cc12. The van der Waals surface area contributed by atoms with Crippen molar-refractivity contribution in [1.29, 1.82) is 0 Å². The van der Waals surface area contributed by atoms with Crippen molar-refractivity contribution in [2.24, 2.45) is 5.73 Å². The predicted octanol–water partition coefficient (Wildman–Crippen LogP) is 5.25. The number of carboxylic acids is 1. The molecule has 3 aromatic carbocycles. The van der Waals surface area contributed by atoms with Gasteiger partial charge in [0.05, 0.1) is 24.8 Å². The summed E-state index contributed by atoms with van der Waals surface area (Å²) in [7, 11) is 0. The van der Waals surface area contributed by atoms with Crippen molar-refractivity contribution in [3.05, 3.63) is 89.7 Å². The van der Waals surface area contributed by atoms with E-state index in [2.05, 4.69) is 0 Å². The van der Waals surface area contributed by atoms with Gasteiger partial charge in [-0.2, -0.15) is 0 Å². The molecule has 0 aliphatic carbocycles. The lowest BCUT2D eigenvalue weighted by molar-refractivity contribution is -0.138. The summed E-state index contributed by atoms with van der Waals surface area (Å²) in [5.41, 5.74) is 11.1. The molecular weight excluding hydrogens is 418 g/mol. The minimum Gasteiger partial charge on any atom is -0.488 e. The second kappa shape index (κ2) is 9.90. The van der Waals surface area contributed by atoms with Gasteiger partial charge in [0.15, 0.2) is 0 Å². The van der Waals surface area contributed by atoms with Crippen LogP contribution in [0.25, 0.3) is 22.1 Å².